The summed E-state index contributed by atoms with van der Waals surface area (Å²) < 4.78 is 0. The van der Waals surface area contributed by atoms with Gasteiger partial charge in [-0.3, -0.25) is 0 Å². The Bertz CT molecular complexity index is 403. The zero-order chi connectivity index (χ0) is 10.7. The number of hydrogen-bond acceptors (Lipinski definition) is 3. The Morgan fingerprint density at radius 3 is 2.73 bits per heavy atom. The van der Waals surface area contributed by atoms with Crippen LogP contribution < -0.4 is 5.32 Å². The second-order valence-corrected chi connectivity index (χ2v) is 5.43. The van der Waals surface area contributed by atoms with E-state index in [4.69, 9.17) is 0 Å². The van der Waals surface area contributed by atoms with Crippen molar-refractivity contribution in [3.63, 3.8) is 0 Å². The predicted octanol–water partition coefficient (Wildman–Crippen LogP) is 3.82. The molecule has 0 fully saturated rings. The highest BCUT2D eigenvalue weighted by Crippen LogP contribution is 2.27. The first-order chi connectivity index (χ1) is 7.31. The van der Waals surface area contributed by atoms with E-state index >= 15 is 0 Å². The van der Waals surface area contributed by atoms with Gasteiger partial charge in [0.2, 0.25) is 0 Å². The van der Waals surface area contributed by atoms with Crippen LogP contribution in [0.5, 0.6) is 0 Å². The maximum atomic E-state index is 3.53. The van der Waals surface area contributed by atoms with Crippen LogP contribution in [0.15, 0.2) is 28.3 Å². The third-order valence-electron chi connectivity index (χ3n) is 2.37. The van der Waals surface area contributed by atoms with Gasteiger partial charge in [0.1, 0.15) is 0 Å². The molecular weight excluding hydrogens is 222 g/mol. The molecule has 2 heterocycles. The van der Waals surface area contributed by atoms with Crippen molar-refractivity contribution in [2.75, 3.05) is 6.54 Å². The first-order valence-corrected chi connectivity index (χ1v) is 6.94. The first kappa shape index (κ1) is 10.9. The molecule has 1 atom stereocenters. The molecule has 2 aromatic heterocycles. The quantitative estimate of drug-likeness (QED) is 0.852. The molecule has 1 N–H and O–H groups in total. The van der Waals surface area contributed by atoms with Gasteiger partial charge in [0.25, 0.3) is 0 Å². The summed E-state index contributed by atoms with van der Waals surface area (Å²) in [4.78, 5) is 1.38. The second-order valence-electron chi connectivity index (χ2n) is 3.54. The van der Waals surface area contributed by atoms with Gasteiger partial charge in [-0.25, -0.2) is 0 Å². The Kier molecular flexibility index (Phi) is 3.57. The van der Waals surface area contributed by atoms with Crippen molar-refractivity contribution in [3.05, 3.63) is 44.3 Å². The predicted molar refractivity (Wildman–Crippen MR) is 68.9 cm³/mol. The summed E-state index contributed by atoms with van der Waals surface area (Å²) in [5, 5.41) is 10.1. The van der Waals surface area contributed by atoms with E-state index in [2.05, 4.69) is 47.4 Å². The smallest absolute Gasteiger partial charge is 0.0593 e. The van der Waals surface area contributed by atoms with Crippen LogP contribution in [-0.2, 0) is 0 Å². The van der Waals surface area contributed by atoms with Crippen molar-refractivity contribution >= 4 is 22.7 Å². The van der Waals surface area contributed by atoms with E-state index in [1.807, 2.05) is 11.3 Å². The molecule has 2 aromatic rings. The van der Waals surface area contributed by atoms with Crippen LogP contribution in [0.3, 0.4) is 0 Å². The summed E-state index contributed by atoms with van der Waals surface area (Å²) in [6.07, 6.45) is 0. The number of hydrogen-bond donors (Lipinski definition) is 1. The van der Waals surface area contributed by atoms with E-state index in [1.165, 1.54) is 16.0 Å². The van der Waals surface area contributed by atoms with Crippen molar-refractivity contribution < 1.29 is 0 Å². The van der Waals surface area contributed by atoms with Crippen molar-refractivity contribution in [3.8, 4) is 0 Å². The molecule has 0 spiro atoms. The van der Waals surface area contributed by atoms with Crippen LogP contribution in [0.1, 0.15) is 29.0 Å². The number of nitrogens with one attached hydrogen (secondary N) is 1. The van der Waals surface area contributed by atoms with E-state index in [1.54, 1.807) is 11.3 Å². The lowest BCUT2D eigenvalue weighted by Crippen LogP contribution is -2.20. The van der Waals surface area contributed by atoms with Crippen LogP contribution >= 0.6 is 22.7 Å². The summed E-state index contributed by atoms with van der Waals surface area (Å²) in [6, 6.07) is 4.84. The van der Waals surface area contributed by atoms with Gasteiger partial charge in [0.15, 0.2) is 0 Å². The minimum Gasteiger partial charge on any atom is -0.306 e. The lowest BCUT2D eigenvalue weighted by molar-refractivity contribution is 0.634. The molecule has 3 heteroatoms. The molecule has 0 aliphatic rings. The van der Waals surface area contributed by atoms with Crippen LogP contribution in [0, 0.1) is 6.92 Å². The van der Waals surface area contributed by atoms with Crippen LogP contribution in [0.25, 0.3) is 0 Å². The summed E-state index contributed by atoms with van der Waals surface area (Å²) in [7, 11) is 0. The first-order valence-electron chi connectivity index (χ1n) is 5.11. The average molecular weight is 237 g/mol. The number of rotatable bonds is 4. The molecule has 0 amide bonds. The standard InChI is InChI=1S/C12H15NS2/c1-3-13-12(10-4-5-14-7-10)11-6-9(2)15-8-11/h4-8,12-13H,3H2,1-2H3. The second kappa shape index (κ2) is 4.92. The lowest BCUT2D eigenvalue weighted by Gasteiger charge is -2.15. The molecule has 0 saturated carbocycles. The Hall–Kier alpha value is -0.640. The highest BCUT2D eigenvalue weighted by atomic mass is 32.1. The van der Waals surface area contributed by atoms with Gasteiger partial charge in [0.05, 0.1) is 6.04 Å². The Labute approximate surface area is 98.8 Å². The van der Waals surface area contributed by atoms with Gasteiger partial charge in [-0.05, 0) is 52.9 Å². The third kappa shape index (κ3) is 2.48. The van der Waals surface area contributed by atoms with Crippen molar-refractivity contribution in [2.45, 2.75) is 19.9 Å². The molecule has 0 saturated heterocycles. The van der Waals surface area contributed by atoms with Crippen LogP contribution in [0.2, 0.25) is 0 Å². The summed E-state index contributed by atoms with van der Waals surface area (Å²) in [6.45, 7) is 5.30. The molecule has 0 aliphatic heterocycles. The molecule has 0 aliphatic carbocycles. The molecule has 15 heavy (non-hydrogen) atoms. The van der Waals surface area contributed by atoms with E-state index < -0.39 is 0 Å². The molecule has 2 rings (SSSR count). The van der Waals surface area contributed by atoms with E-state index in [9.17, 15) is 0 Å². The van der Waals surface area contributed by atoms with Crippen molar-refractivity contribution in [1.29, 1.82) is 0 Å². The Morgan fingerprint density at radius 2 is 2.20 bits per heavy atom. The highest BCUT2D eigenvalue weighted by Gasteiger charge is 2.13. The molecule has 0 radical (unpaired) electrons. The van der Waals surface area contributed by atoms with E-state index in [-0.39, 0.29) is 0 Å². The zero-order valence-corrected chi connectivity index (χ0v) is 10.6. The Morgan fingerprint density at radius 1 is 1.33 bits per heavy atom. The largest absolute Gasteiger partial charge is 0.306 e. The third-order valence-corrected chi connectivity index (χ3v) is 3.95. The average Bonchev–Trinajstić information content (AvgIpc) is 2.85. The van der Waals surface area contributed by atoms with Gasteiger partial charge in [0, 0.05) is 4.88 Å². The monoisotopic (exact) mass is 237 g/mol. The minimum absolute atomic E-state index is 0.367. The van der Waals surface area contributed by atoms with Gasteiger partial charge in [-0.1, -0.05) is 6.92 Å². The fraction of sp³-hybridized carbons (Fsp3) is 0.333. The molecular formula is C12H15NS2. The summed E-state index contributed by atoms with van der Waals surface area (Å²) in [5.41, 5.74) is 2.76. The van der Waals surface area contributed by atoms with Crippen molar-refractivity contribution in [2.24, 2.45) is 0 Å². The normalized spacial score (nSPS) is 12.9. The van der Waals surface area contributed by atoms with Gasteiger partial charge < -0.3 is 5.32 Å². The van der Waals surface area contributed by atoms with Gasteiger partial charge in [-0.2, -0.15) is 11.3 Å². The summed E-state index contributed by atoms with van der Waals surface area (Å²) in [5.74, 6) is 0. The number of thiophene rings is 2. The zero-order valence-electron chi connectivity index (χ0n) is 8.99. The van der Waals surface area contributed by atoms with E-state index in [0.717, 1.165) is 6.54 Å². The lowest BCUT2D eigenvalue weighted by atomic mass is 10.0. The highest BCUT2D eigenvalue weighted by molar-refractivity contribution is 7.10. The van der Waals surface area contributed by atoms with E-state index in [0.29, 0.717) is 6.04 Å². The molecule has 1 unspecified atom stereocenters. The molecule has 0 bridgehead atoms. The minimum atomic E-state index is 0.367. The molecule has 1 nitrogen and oxygen atoms in total. The van der Waals surface area contributed by atoms with Crippen LogP contribution in [0.4, 0.5) is 0 Å². The summed E-state index contributed by atoms with van der Waals surface area (Å²) >= 11 is 3.58. The SMILES string of the molecule is CCNC(c1ccsc1)c1csc(C)c1. The Balaban J connectivity index is 2.27. The van der Waals surface area contributed by atoms with Crippen LogP contribution in [-0.4, -0.2) is 6.54 Å². The maximum Gasteiger partial charge on any atom is 0.0593 e. The topological polar surface area (TPSA) is 12.0 Å². The van der Waals surface area contributed by atoms with Crippen molar-refractivity contribution in [1.82, 2.24) is 5.32 Å². The fourth-order valence-electron chi connectivity index (χ4n) is 1.69. The fourth-order valence-corrected chi connectivity index (χ4v) is 3.10. The molecule has 80 valence electrons. The number of aryl methyl sites for hydroxylation is 1. The maximum absolute atomic E-state index is 3.53. The van der Waals surface area contributed by atoms with Gasteiger partial charge in [-0.15, -0.1) is 11.3 Å². The van der Waals surface area contributed by atoms with Gasteiger partial charge >= 0.3 is 0 Å². The molecule has 0 aromatic carbocycles.